The lowest BCUT2D eigenvalue weighted by Gasteiger charge is -2.23. The number of nitrogens with zero attached hydrogens (tertiary/aromatic N) is 4. The maximum Gasteiger partial charge on any atom is 0.254 e. The summed E-state index contributed by atoms with van der Waals surface area (Å²) >= 11 is 0. The minimum Gasteiger partial charge on any atom is -0.394 e. The molecule has 1 saturated heterocycles. The van der Waals surface area contributed by atoms with Crippen LogP contribution in [0.1, 0.15) is 16.8 Å². The van der Waals surface area contributed by atoms with Crippen molar-refractivity contribution in [2.75, 3.05) is 13.2 Å². The maximum atomic E-state index is 13.3. The van der Waals surface area contributed by atoms with E-state index in [2.05, 4.69) is 10.0 Å². The summed E-state index contributed by atoms with van der Waals surface area (Å²) in [6.45, 7) is -0.329. The molecule has 100 valence electrons. The SMILES string of the molecule is [N-]=[N+]=Nc1ccccc1C(=O)N1C[C@H](F)C[C@H]1CO. The molecule has 6 nitrogen and oxygen atoms in total. The summed E-state index contributed by atoms with van der Waals surface area (Å²) in [6, 6.07) is 5.80. The third-order valence-electron chi connectivity index (χ3n) is 3.12. The lowest BCUT2D eigenvalue weighted by Crippen LogP contribution is -2.37. The largest absolute Gasteiger partial charge is 0.394 e. The molecule has 0 aromatic heterocycles. The fourth-order valence-corrected chi connectivity index (χ4v) is 2.23. The Labute approximate surface area is 109 Å². The van der Waals surface area contributed by atoms with Crippen molar-refractivity contribution in [1.82, 2.24) is 4.90 Å². The van der Waals surface area contributed by atoms with E-state index in [-0.39, 0.29) is 30.8 Å². The monoisotopic (exact) mass is 264 g/mol. The fraction of sp³-hybridized carbons (Fsp3) is 0.417. The van der Waals surface area contributed by atoms with E-state index >= 15 is 0 Å². The molecule has 1 aromatic carbocycles. The predicted molar refractivity (Wildman–Crippen MR) is 66.7 cm³/mol. The van der Waals surface area contributed by atoms with Gasteiger partial charge in [0.05, 0.1) is 24.9 Å². The third kappa shape index (κ3) is 2.67. The Morgan fingerprint density at radius 2 is 2.32 bits per heavy atom. The lowest BCUT2D eigenvalue weighted by molar-refractivity contribution is 0.0673. The minimum atomic E-state index is -1.13. The molecule has 0 bridgehead atoms. The minimum absolute atomic E-state index is 0.0470. The van der Waals surface area contributed by atoms with Crippen molar-refractivity contribution < 1.29 is 14.3 Å². The molecule has 0 aliphatic carbocycles. The van der Waals surface area contributed by atoms with Crippen LogP contribution in [0.3, 0.4) is 0 Å². The van der Waals surface area contributed by atoms with Gasteiger partial charge in [0.2, 0.25) is 0 Å². The van der Waals surface area contributed by atoms with Gasteiger partial charge in [0, 0.05) is 16.9 Å². The number of hydrogen-bond acceptors (Lipinski definition) is 3. The van der Waals surface area contributed by atoms with Crippen molar-refractivity contribution in [2.45, 2.75) is 18.6 Å². The molecule has 0 spiro atoms. The molecule has 1 fully saturated rings. The van der Waals surface area contributed by atoms with E-state index in [0.29, 0.717) is 0 Å². The van der Waals surface area contributed by atoms with E-state index in [1.807, 2.05) is 0 Å². The molecular formula is C12H13FN4O2. The van der Waals surface area contributed by atoms with Crippen molar-refractivity contribution in [3.05, 3.63) is 40.3 Å². The highest BCUT2D eigenvalue weighted by molar-refractivity contribution is 5.99. The third-order valence-corrected chi connectivity index (χ3v) is 3.12. The number of carbonyl (C=O) groups excluding carboxylic acids is 1. The number of benzene rings is 1. The Hall–Kier alpha value is -2.11. The van der Waals surface area contributed by atoms with Gasteiger partial charge in [-0.15, -0.1) is 0 Å². The highest BCUT2D eigenvalue weighted by Crippen LogP contribution is 2.26. The topological polar surface area (TPSA) is 89.3 Å². The van der Waals surface area contributed by atoms with Crippen LogP contribution >= 0.6 is 0 Å². The quantitative estimate of drug-likeness (QED) is 0.515. The van der Waals surface area contributed by atoms with Crippen LogP contribution in [0.2, 0.25) is 0 Å². The van der Waals surface area contributed by atoms with Gasteiger partial charge in [-0.3, -0.25) is 4.79 Å². The Balaban J connectivity index is 2.31. The zero-order valence-corrected chi connectivity index (χ0v) is 10.1. The first-order valence-electron chi connectivity index (χ1n) is 5.87. The van der Waals surface area contributed by atoms with Crippen LogP contribution in [0.15, 0.2) is 29.4 Å². The average Bonchev–Trinajstić information content (AvgIpc) is 2.80. The number of aliphatic hydroxyl groups excluding tert-OH is 1. The van der Waals surface area contributed by atoms with E-state index in [9.17, 15) is 14.3 Å². The maximum absolute atomic E-state index is 13.3. The number of carbonyl (C=O) groups is 1. The molecule has 0 unspecified atom stereocenters. The van der Waals surface area contributed by atoms with Crippen LogP contribution < -0.4 is 0 Å². The van der Waals surface area contributed by atoms with Crippen molar-refractivity contribution >= 4 is 11.6 Å². The number of alkyl halides is 1. The molecule has 2 atom stereocenters. The molecule has 1 aromatic rings. The van der Waals surface area contributed by atoms with Crippen LogP contribution in [0.25, 0.3) is 10.4 Å². The van der Waals surface area contributed by atoms with Crippen molar-refractivity contribution in [3.8, 4) is 0 Å². The van der Waals surface area contributed by atoms with Gasteiger partial charge in [-0.2, -0.15) is 0 Å². The normalized spacial score (nSPS) is 22.1. The van der Waals surface area contributed by atoms with Crippen molar-refractivity contribution in [2.24, 2.45) is 5.11 Å². The van der Waals surface area contributed by atoms with E-state index in [1.165, 1.54) is 17.0 Å². The van der Waals surface area contributed by atoms with Crippen LogP contribution in [0, 0.1) is 0 Å². The fourth-order valence-electron chi connectivity index (χ4n) is 2.23. The number of hydrogen-bond donors (Lipinski definition) is 1. The second kappa shape index (κ2) is 5.69. The van der Waals surface area contributed by atoms with Crippen LogP contribution in [-0.4, -0.2) is 41.3 Å². The van der Waals surface area contributed by atoms with Gasteiger partial charge in [-0.25, -0.2) is 4.39 Å². The van der Waals surface area contributed by atoms with Gasteiger partial charge in [0.25, 0.3) is 5.91 Å². The molecule has 1 amide bonds. The van der Waals surface area contributed by atoms with Gasteiger partial charge in [-0.1, -0.05) is 23.3 Å². The standard InChI is InChI=1S/C12H13FN4O2/c13-8-5-9(7-18)17(6-8)12(19)10-3-1-2-4-11(10)15-16-14/h1-4,8-9,18H,5-7H2/t8-,9+/m1/s1. The van der Waals surface area contributed by atoms with E-state index in [0.717, 1.165) is 0 Å². The smallest absolute Gasteiger partial charge is 0.254 e. The Morgan fingerprint density at radius 3 is 3.00 bits per heavy atom. The molecule has 0 radical (unpaired) electrons. The molecule has 1 N–H and O–H groups in total. The van der Waals surface area contributed by atoms with E-state index in [1.54, 1.807) is 12.1 Å². The molecule has 2 rings (SSSR count). The van der Waals surface area contributed by atoms with E-state index in [4.69, 9.17) is 5.53 Å². The molecule has 1 heterocycles. The van der Waals surface area contributed by atoms with Crippen LogP contribution in [0.4, 0.5) is 10.1 Å². The summed E-state index contributed by atoms with van der Waals surface area (Å²) in [4.78, 5) is 16.3. The number of rotatable bonds is 3. The van der Waals surface area contributed by atoms with Gasteiger partial charge in [0.1, 0.15) is 6.17 Å². The first kappa shape index (κ1) is 13.3. The number of halogens is 1. The molecule has 1 aliphatic rings. The molecule has 0 saturated carbocycles. The first-order valence-corrected chi connectivity index (χ1v) is 5.87. The predicted octanol–water partition coefficient (Wildman–Crippen LogP) is 2.17. The summed E-state index contributed by atoms with van der Waals surface area (Å²) in [7, 11) is 0. The summed E-state index contributed by atoms with van der Waals surface area (Å²) in [5, 5.41) is 12.6. The summed E-state index contributed by atoms with van der Waals surface area (Å²) in [6.07, 6.45) is -1.00. The lowest BCUT2D eigenvalue weighted by atomic mass is 10.1. The van der Waals surface area contributed by atoms with Gasteiger partial charge in [0.15, 0.2) is 0 Å². The second-order valence-corrected chi connectivity index (χ2v) is 4.33. The molecular weight excluding hydrogens is 251 g/mol. The summed E-state index contributed by atoms with van der Waals surface area (Å²) in [5.41, 5.74) is 8.88. The number of likely N-dealkylation sites (tertiary alicyclic amines) is 1. The van der Waals surface area contributed by atoms with Crippen LogP contribution in [-0.2, 0) is 0 Å². The highest BCUT2D eigenvalue weighted by atomic mass is 19.1. The zero-order valence-electron chi connectivity index (χ0n) is 10.1. The first-order chi connectivity index (χ1) is 9.17. The number of amides is 1. The van der Waals surface area contributed by atoms with Crippen molar-refractivity contribution in [1.29, 1.82) is 0 Å². The molecule has 1 aliphatic heterocycles. The second-order valence-electron chi connectivity index (χ2n) is 4.33. The Kier molecular flexibility index (Phi) is 3.99. The van der Waals surface area contributed by atoms with Crippen LogP contribution in [0.5, 0.6) is 0 Å². The van der Waals surface area contributed by atoms with E-state index < -0.39 is 18.1 Å². The molecule has 7 heteroatoms. The van der Waals surface area contributed by atoms with Gasteiger partial charge < -0.3 is 10.0 Å². The zero-order chi connectivity index (χ0) is 13.8. The van der Waals surface area contributed by atoms with Gasteiger partial charge in [-0.05, 0) is 11.6 Å². The Morgan fingerprint density at radius 1 is 1.58 bits per heavy atom. The summed E-state index contributed by atoms with van der Waals surface area (Å²) < 4.78 is 13.3. The van der Waals surface area contributed by atoms with Crippen molar-refractivity contribution in [3.63, 3.8) is 0 Å². The molecule has 19 heavy (non-hydrogen) atoms. The van der Waals surface area contributed by atoms with Gasteiger partial charge >= 0.3 is 0 Å². The Bertz CT molecular complexity index is 530. The summed E-state index contributed by atoms with van der Waals surface area (Å²) in [5.74, 6) is -0.429. The highest BCUT2D eigenvalue weighted by Gasteiger charge is 2.35. The average molecular weight is 264 g/mol. The number of aliphatic hydroxyl groups is 1. The number of azide groups is 1.